The van der Waals surface area contributed by atoms with Crippen molar-refractivity contribution >= 4 is 22.9 Å². The number of carboxylic acids is 1. The first kappa shape index (κ1) is 20.1. The second-order valence-electron chi connectivity index (χ2n) is 6.75. The van der Waals surface area contributed by atoms with Crippen molar-refractivity contribution in [2.45, 2.75) is 6.54 Å². The van der Waals surface area contributed by atoms with Gasteiger partial charge in [-0.25, -0.2) is 9.59 Å². The average Bonchev–Trinajstić information content (AvgIpc) is 2.76. The lowest BCUT2D eigenvalue weighted by Gasteiger charge is -2.18. The van der Waals surface area contributed by atoms with Gasteiger partial charge in [0.25, 0.3) is 0 Å². The Morgan fingerprint density at radius 1 is 1.03 bits per heavy atom. The predicted molar refractivity (Wildman–Crippen MR) is 111 cm³/mol. The number of aromatic carboxylic acids is 1. The Hall–Kier alpha value is -4.21. The van der Waals surface area contributed by atoms with E-state index in [0.29, 0.717) is 16.5 Å². The van der Waals surface area contributed by atoms with Crippen molar-refractivity contribution in [1.29, 1.82) is 0 Å². The maximum Gasteiger partial charge on any atom is 0.356 e. The van der Waals surface area contributed by atoms with E-state index >= 15 is 0 Å². The number of nitrogens with two attached hydrogens (primary N) is 2. The summed E-state index contributed by atoms with van der Waals surface area (Å²) < 4.78 is 5.89. The van der Waals surface area contributed by atoms with Crippen LogP contribution in [0.4, 0.5) is 0 Å². The average molecular weight is 420 g/mol. The highest BCUT2D eigenvalue weighted by Gasteiger charge is 2.24. The smallest absolute Gasteiger partial charge is 0.356 e. The molecule has 9 heteroatoms. The second-order valence-corrected chi connectivity index (χ2v) is 6.75. The SMILES string of the molecule is NCc1c(O)ccc2c(-c3cc(C(=O)ON)ccc3C(=O)O)c3ccc(=O)cc-3oc12. The number of rotatable bonds is 4. The van der Waals surface area contributed by atoms with Gasteiger partial charge in [0.2, 0.25) is 0 Å². The van der Waals surface area contributed by atoms with E-state index < -0.39 is 11.9 Å². The van der Waals surface area contributed by atoms with Gasteiger partial charge in [-0.15, -0.1) is 0 Å². The molecule has 0 bridgehead atoms. The summed E-state index contributed by atoms with van der Waals surface area (Å²) in [5, 5.41) is 20.4. The largest absolute Gasteiger partial charge is 0.507 e. The van der Waals surface area contributed by atoms with Gasteiger partial charge in [0, 0.05) is 29.1 Å². The minimum Gasteiger partial charge on any atom is -0.507 e. The highest BCUT2D eigenvalue weighted by atomic mass is 16.7. The summed E-state index contributed by atoms with van der Waals surface area (Å²) in [5.41, 5.74) is 6.86. The summed E-state index contributed by atoms with van der Waals surface area (Å²) in [7, 11) is 0. The lowest BCUT2D eigenvalue weighted by Crippen LogP contribution is -2.11. The second kappa shape index (κ2) is 7.56. The van der Waals surface area contributed by atoms with Crippen LogP contribution in [0, 0.1) is 0 Å². The molecule has 0 spiro atoms. The summed E-state index contributed by atoms with van der Waals surface area (Å²) in [6.45, 7) is -0.0694. The molecular weight excluding hydrogens is 404 g/mol. The number of benzene rings is 3. The number of hydrogen-bond acceptors (Lipinski definition) is 8. The fourth-order valence-electron chi connectivity index (χ4n) is 3.60. The van der Waals surface area contributed by atoms with E-state index in [2.05, 4.69) is 4.84 Å². The lowest BCUT2D eigenvalue weighted by atomic mass is 9.89. The first-order valence-electron chi connectivity index (χ1n) is 9.06. The molecule has 0 radical (unpaired) electrons. The van der Waals surface area contributed by atoms with Crippen LogP contribution in [0.15, 0.2) is 57.7 Å². The normalized spacial score (nSPS) is 11.0. The number of phenols is 1. The van der Waals surface area contributed by atoms with Crippen LogP contribution in [0.3, 0.4) is 0 Å². The zero-order chi connectivity index (χ0) is 22.3. The molecule has 0 saturated heterocycles. The Bertz CT molecular complexity index is 1390. The Kier molecular flexibility index (Phi) is 4.90. The number of carboxylic acid groups (broad SMARTS) is 1. The van der Waals surface area contributed by atoms with Crippen LogP contribution in [-0.2, 0) is 11.4 Å². The number of phenolic OH excluding ortho intramolecular Hbond substituents is 1. The van der Waals surface area contributed by atoms with Crippen molar-refractivity contribution in [3.05, 3.63) is 75.4 Å². The third-order valence-electron chi connectivity index (χ3n) is 5.01. The minimum atomic E-state index is -1.23. The molecule has 0 aromatic heterocycles. The zero-order valence-electron chi connectivity index (χ0n) is 15.9. The Balaban J connectivity index is 2.23. The fourth-order valence-corrected chi connectivity index (χ4v) is 3.60. The number of carbonyl (C=O) groups is 2. The predicted octanol–water partition coefficient (Wildman–Crippen LogP) is 2.46. The summed E-state index contributed by atoms with van der Waals surface area (Å²) >= 11 is 0. The monoisotopic (exact) mass is 420 g/mol. The van der Waals surface area contributed by atoms with Crippen molar-refractivity contribution in [2.75, 3.05) is 0 Å². The van der Waals surface area contributed by atoms with Crippen LogP contribution in [-0.4, -0.2) is 22.2 Å². The Morgan fingerprint density at radius 3 is 2.48 bits per heavy atom. The summed E-state index contributed by atoms with van der Waals surface area (Å²) in [6, 6.07) is 10.9. The van der Waals surface area contributed by atoms with E-state index in [4.69, 9.17) is 16.0 Å². The standard InChI is InChI=1S/C22H16N2O7/c23-9-16-17(26)6-5-14-19(13-4-2-11(25)8-18(13)30-20(14)16)15-7-10(22(29)31-24)1-3-12(15)21(27)28/h1-8,26H,9,23-24H2,(H,27,28). The number of carbonyl (C=O) groups excluding carboxylic acids is 1. The van der Waals surface area contributed by atoms with E-state index in [9.17, 15) is 24.6 Å². The zero-order valence-corrected chi connectivity index (χ0v) is 15.9. The third-order valence-corrected chi connectivity index (χ3v) is 5.01. The van der Waals surface area contributed by atoms with Crippen molar-refractivity contribution < 1.29 is 29.1 Å². The molecule has 0 fully saturated rings. The quantitative estimate of drug-likeness (QED) is 0.286. The molecule has 0 saturated carbocycles. The van der Waals surface area contributed by atoms with Crippen molar-refractivity contribution in [1.82, 2.24) is 0 Å². The summed E-state index contributed by atoms with van der Waals surface area (Å²) in [5.74, 6) is 2.96. The van der Waals surface area contributed by atoms with E-state index in [1.807, 2.05) is 0 Å². The van der Waals surface area contributed by atoms with Crippen LogP contribution in [0.2, 0.25) is 0 Å². The van der Waals surface area contributed by atoms with Crippen LogP contribution in [0.1, 0.15) is 26.3 Å². The van der Waals surface area contributed by atoms with Crippen molar-refractivity contribution in [3.63, 3.8) is 0 Å². The van der Waals surface area contributed by atoms with Crippen LogP contribution < -0.4 is 17.1 Å². The molecule has 0 amide bonds. The Labute approximate surface area is 174 Å². The minimum absolute atomic E-state index is 0.0304. The molecule has 0 unspecified atom stereocenters. The van der Waals surface area contributed by atoms with E-state index in [-0.39, 0.29) is 51.3 Å². The molecule has 1 heterocycles. The first-order valence-corrected chi connectivity index (χ1v) is 9.06. The molecule has 0 atom stereocenters. The molecule has 1 aliphatic carbocycles. The van der Waals surface area contributed by atoms with Gasteiger partial charge in [0.1, 0.15) is 17.1 Å². The molecule has 156 valence electrons. The van der Waals surface area contributed by atoms with Gasteiger partial charge in [-0.1, -0.05) is 0 Å². The highest BCUT2D eigenvalue weighted by Crippen LogP contribution is 2.43. The molecule has 9 nitrogen and oxygen atoms in total. The van der Waals surface area contributed by atoms with Crippen molar-refractivity contribution in [3.8, 4) is 28.2 Å². The van der Waals surface area contributed by atoms with Crippen LogP contribution >= 0.6 is 0 Å². The molecule has 2 aromatic rings. The molecule has 1 aliphatic heterocycles. The fraction of sp³-hybridized carbons (Fsp3) is 0.0455. The topological polar surface area (TPSA) is 166 Å². The van der Waals surface area contributed by atoms with Gasteiger partial charge < -0.3 is 25.2 Å². The summed E-state index contributed by atoms with van der Waals surface area (Å²) in [4.78, 5) is 40.2. The maximum absolute atomic E-state index is 12.0. The van der Waals surface area contributed by atoms with Crippen LogP contribution in [0.5, 0.6) is 5.75 Å². The number of fused-ring (bicyclic) bond motifs is 2. The van der Waals surface area contributed by atoms with E-state index in [0.717, 1.165) is 0 Å². The van der Waals surface area contributed by atoms with Crippen molar-refractivity contribution in [2.24, 2.45) is 11.6 Å². The molecule has 2 aliphatic rings. The third kappa shape index (κ3) is 3.27. The molecular formula is C22H16N2O7. The van der Waals surface area contributed by atoms with Gasteiger partial charge in [0.05, 0.1) is 16.7 Å². The maximum atomic E-state index is 12.0. The van der Waals surface area contributed by atoms with Gasteiger partial charge in [-0.2, -0.15) is 5.90 Å². The molecule has 4 rings (SSSR count). The lowest BCUT2D eigenvalue weighted by molar-refractivity contribution is 0.0502. The Morgan fingerprint density at radius 2 is 1.81 bits per heavy atom. The number of hydrogen-bond donors (Lipinski definition) is 4. The van der Waals surface area contributed by atoms with Gasteiger partial charge >= 0.3 is 11.9 Å². The summed E-state index contributed by atoms with van der Waals surface area (Å²) in [6.07, 6.45) is 0. The molecule has 2 aromatic carbocycles. The highest BCUT2D eigenvalue weighted by molar-refractivity contribution is 6.09. The molecule has 6 N–H and O–H groups in total. The molecule has 31 heavy (non-hydrogen) atoms. The van der Waals surface area contributed by atoms with Gasteiger partial charge in [-0.3, -0.25) is 4.79 Å². The van der Waals surface area contributed by atoms with E-state index in [1.165, 1.54) is 42.5 Å². The van der Waals surface area contributed by atoms with E-state index in [1.54, 1.807) is 6.07 Å². The first-order chi connectivity index (χ1) is 14.8. The number of aromatic hydroxyl groups is 1. The van der Waals surface area contributed by atoms with Crippen LogP contribution in [0.25, 0.3) is 33.4 Å². The van der Waals surface area contributed by atoms with Gasteiger partial charge in [-0.05, 0) is 48.0 Å². The van der Waals surface area contributed by atoms with Gasteiger partial charge in [0.15, 0.2) is 5.43 Å².